The number of piperazine rings is 1. The summed E-state index contributed by atoms with van der Waals surface area (Å²) in [6.07, 6.45) is 8.44. The summed E-state index contributed by atoms with van der Waals surface area (Å²) in [7, 11) is 0. The molecule has 1 aliphatic heterocycles. The molecular formula is C43H45ClN4O4. The fraction of sp³-hybridized carbons (Fsp3) is 0.279. The molecule has 3 aromatic carbocycles. The van der Waals surface area contributed by atoms with Crippen LogP contribution in [0.5, 0.6) is 23.1 Å². The van der Waals surface area contributed by atoms with Crippen LogP contribution < -0.4 is 14.2 Å². The van der Waals surface area contributed by atoms with Crippen LogP contribution in [0.3, 0.4) is 0 Å². The van der Waals surface area contributed by atoms with E-state index < -0.39 is 0 Å². The molecule has 1 saturated heterocycles. The standard InChI is InChI=1S/C43H45ClN4O4/c1-31(2)36-10-12-38(13-11-36)50-24-17-33-6-8-34(9-7-33)29-47-19-21-48(22-20-47)41(16-23-49)37-25-32(3)43(40(44)26-37)52-42-15-14-39(28-46-42)51-30-35-5-4-18-45-27-35/h4-16,18,23,25-28,31H,17,19-22,24,29-30H2,1-3H3/b41-16+. The summed E-state index contributed by atoms with van der Waals surface area (Å²) >= 11 is 6.78. The van der Waals surface area contributed by atoms with Crippen molar-refractivity contribution >= 4 is 23.6 Å². The van der Waals surface area contributed by atoms with Crippen molar-refractivity contribution in [2.24, 2.45) is 0 Å². The smallest absolute Gasteiger partial charge is 0.219 e. The third-order valence-corrected chi connectivity index (χ3v) is 9.42. The molecular weight excluding hydrogens is 672 g/mol. The Morgan fingerprint density at radius 1 is 0.865 bits per heavy atom. The SMILES string of the molecule is Cc1cc(/C(=C\C=O)N2CCN(Cc3ccc(CCOc4ccc(C(C)C)cc4)cc3)CC2)cc(Cl)c1Oc1ccc(OCc2cccnc2)cn1. The van der Waals surface area contributed by atoms with Gasteiger partial charge in [0, 0.05) is 74.9 Å². The van der Waals surface area contributed by atoms with Crippen LogP contribution in [0.15, 0.2) is 110 Å². The Morgan fingerprint density at radius 2 is 1.62 bits per heavy atom. The summed E-state index contributed by atoms with van der Waals surface area (Å²) < 4.78 is 17.9. The van der Waals surface area contributed by atoms with E-state index in [2.05, 4.69) is 82.1 Å². The number of hydrogen-bond acceptors (Lipinski definition) is 8. The number of aryl methyl sites for hydroxylation is 1. The van der Waals surface area contributed by atoms with Gasteiger partial charge >= 0.3 is 0 Å². The lowest BCUT2D eigenvalue weighted by Crippen LogP contribution is -2.45. The molecule has 268 valence electrons. The zero-order valence-electron chi connectivity index (χ0n) is 30.0. The third-order valence-electron chi connectivity index (χ3n) is 9.14. The number of ether oxygens (including phenoxy) is 3. The van der Waals surface area contributed by atoms with Crippen molar-refractivity contribution in [2.75, 3.05) is 32.8 Å². The van der Waals surface area contributed by atoms with Crippen LogP contribution >= 0.6 is 11.6 Å². The molecule has 52 heavy (non-hydrogen) atoms. The van der Waals surface area contributed by atoms with Crippen LogP contribution in [0.4, 0.5) is 0 Å². The molecule has 1 fully saturated rings. The van der Waals surface area contributed by atoms with E-state index in [0.717, 1.165) is 73.6 Å². The molecule has 0 aliphatic carbocycles. The van der Waals surface area contributed by atoms with Crippen molar-refractivity contribution in [3.63, 3.8) is 0 Å². The van der Waals surface area contributed by atoms with Crippen molar-refractivity contribution in [1.82, 2.24) is 19.8 Å². The molecule has 9 heteroatoms. The van der Waals surface area contributed by atoms with Gasteiger partial charge in [0.2, 0.25) is 5.88 Å². The number of aromatic nitrogens is 2. The Kier molecular flexibility index (Phi) is 12.6. The predicted octanol–water partition coefficient (Wildman–Crippen LogP) is 8.91. The first kappa shape index (κ1) is 36.6. The first-order valence-corrected chi connectivity index (χ1v) is 18.1. The summed E-state index contributed by atoms with van der Waals surface area (Å²) in [4.78, 5) is 25.0. The van der Waals surface area contributed by atoms with Gasteiger partial charge in [0.15, 0.2) is 5.75 Å². The van der Waals surface area contributed by atoms with E-state index in [0.29, 0.717) is 41.5 Å². The number of carbonyl (C=O) groups excluding carboxylic acids is 1. The maximum atomic E-state index is 11.8. The molecule has 0 saturated carbocycles. The molecule has 0 atom stereocenters. The number of pyridine rings is 2. The molecule has 6 rings (SSSR count). The third kappa shape index (κ3) is 9.99. The molecule has 0 radical (unpaired) electrons. The van der Waals surface area contributed by atoms with Crippen LogP contribution in [-0.2, 0) is 24.4 Å². The highest BCUT2D eigenvalue weighted by Gasteiger charge is 2.22. The first-order chi connectivity index (χ1) is 25.3. The van der Waals surface area contributed by atoms with E-state index in [1.54, 1.807) is 36.8 Å². The number of benzene rings is 3. The minimum atomic E-state index is 0.397. The predicted molar refractivity (Wildman–Crippen MR) is 206 cm³/mol. The highest BCUT2D eigenvalue weighted by atomic mass is 35.5. The van der Waals surface area contributed by atoms with Crippen molar-refractivity contribution in [3.8, 4) is 23.1 Å². The molecule has 3 heterocycles. The summed E-state index contributed by atoms with van der Waals surface area (Å²) in [6, 6.07) is 28.5. The zero-order chi connectivity index (χ0) is 36.3. The van der Waals surface area contributed by atoms with Crippen molar-refractivity contribution in [2.45, 2.75) is 46.3 Å². The van der Waals surface area contributed by atoms with Crippen molar-refractivity contribution < 1.29 is 19.0 Å². The highest BCUT2D eigenvalue weighted by Crippen LogP contribution is 2.36. The van der Waals surface area contributed by atoms with Gasteiger partial charge in [-0.15, -0.1) is 0 Å². The fourth-order valence-electron chi connectivity index (χ4n) is 6.18. The van der Waals surface area contributed by atoms with E-state index in [1.165, 1.54) is 16.7 Å². The van der Waals surface area contributed by atoms with Crippen LogP contribution in [0.25, 0.3) is 5.70 Å². The van der Waals surface area contributed by atoms with E-state index in [-0.39, 0.29) is 0 Å². The normalized spacial score (nSPS) is 13.6. The second kappa shape index (κ2) is 17.8. The van der Waals surface area contributed by atoms with Crippen LogP contribution in [-0.4, -0.2) is 58.8 Å². The Labute approximate surface area is 311 Å². The Bertz CT molecular complexity index is 1900. The zero-order valence-corrected chi connectivity index (χ0v) is 30.8. The van der Waals surface area contributed by atoms with Gasteiger partial charge in [-0.3, -0.25) is 14.7 Å². The van der Waals surface area contributed by atoms with Crippen LogP contribution in [0.1, 0.15) is 53.1 Å². The molecule has 8 nitrogen and oxygen atoms in total. The highest BCUT2D eigenvalue weighted by molar-refractivity contribution is 6.32. The minimum absolute atomic E-state index is 0.397. The number of halogens is 1. The molecule has 5 aromatic rings. The maximum absolute atomic E-state index is 11.8. The fourth-order valence-corrected chi connectivity index (χ4v) is 6.48. The van der Waals surface area contributed by atoms with E-state index in [1.807, 2.05) is 31.2 Å². The molecule has 2 aromatic heterocycles. The summed E-state index contributed by atoms with van der Waals surface area (Å²) in [6.45, 7) is 11.6. The van der Waals surface area contributed by atoms with Crippen molar-refractivity contribution in [1.29, 1.82) is 0 Å². The lowest BCUT2D eigenvalue weighted by molar-refractivity contribution is -0.104. The van der Waals surface area contributed by atoms with Gasteiger partial charge in [0.05, 0.1) is 17.8 Å². The monoisotopic (exact) mass is 716 g/mol. The van der Waals surface area contributed by atoms with Crippen LogP contribution in [0.2, 0.25) is 5.02 Å². The Balaban J connectivity index is 0.989. The van der Waals surface area contributed by atoms with Gasteiger partial charge in [-0.25, -0.2) is 4.98 Å². The molecule has 0 spiro atoms. The summed E-state index contributed by atoms with van der Waals surface area (Å²) in [5, 5.41) is 0.444. The van der Waals surface area contributed by atoms with E-state index >= 15 is 0 Å². The lowest BCUT2D eigenvalue weighted by atomic mass is 10.0. The maximum Gasteiger partial charge on any atom is 0.219 e. The first-order valence-electron chi connectivity index (χ1n) is 17.7. The quantitative estimate of drug-likeness (QED) is 0.0786. The molecule has 0 amide bonds. The Hall–Kier alpha value is -5.18. The number of rotatable bonds is 15. The lowest BCUT2D eigenvalue weighted by Gasteiger charge is -2.37. The number of carbonyl (C=O) groups is 1. The van der Waals surface area contributed by atoms with Gasteiger partial charge in [0.25, 0.3) is 0 Å². The topological polar surface area (TPSA) is 77.0 Å². The molecule has 0 N–H and O–H groups in total. The number of hydrogen-bond donors (Lipinski definition) is 0. The van der Waals surface area contributed by atoms with Crippen LogP contribution in [0, 0.1) is 6.92 Å². The number of nitrogens with zero attached hydrogens (tertiary/aromatic N) is 4. The second-order valence-corrected chi connectivity index (χ2v) is 13.7. The van der Waals surface area contributed by atoms with E-state index in [9.17, 15) is 4.79 Å². The summed E-state index contributed by atoms with van der Waals surface area (Å²) in [5.41, 5.74) is 7.39. The average Bonchev–Trinajstić information content (AvgIpc) is 3.16. The summed E-state index contributed by atoms with van der Waals surface area (Å²) in [5.74, 6) is 2.97. The minimum Gasteiger partial charge on any atom is -0.493 e. The van der Waals surface area contributed by atoms with Gasteiger partial charge < -0.3 is 19.1 Å². The van der Waals surface area contributed by atoms with Gasteiger partial charge in [-0.1, -0.05) is 67.9 Å². The number of allylic oxidation sites excluding steroid dienone is 1. The second-order valence-electron chi connectivity index (χ2n) is 13.3. The largest absolute Gasteiger partial charge is 0.493 e. The van der Waals surface area contributed by atoms with Gasteiger partial charge in [0.1, 0.15) is 24.4 Å². The molecule has 0 bridgehead atoms. The average molecular weight is 717 g/mol. The Morgan fingerprint density at radius 3 is 2.27 bits per heavy atom. The van der Waals surface area contributed by atoms with Gasteiger partial charge in [-0.2, -0.15) is 0 Å². The number of aldehydes is 1. The molecule has 0 unspecified atom stereocenters. The van der Waals surface area contributed by atoms with Gasteiger partial charge in [-0.05, 0) is 77.1 Å². The van der Waals surface area contributed by atoms with E-state index in [4.69, 9.17) is 25.8 Å². The molecule has 1 aliphatic rings. The van der Waals surface area contributed by atoms with Crippen molar-refractivity contribution in [3.05, 3.63) is 148 Å².